The molecule has 0 atom stereocenters. The highest BCUT2D eigenvalue weighted by Gasteiger charge is 2.21. The predicted octanol–water partition coefficient (Wildman–Crippen LogP) is 3.54. The second-order valence-corrected chi connectivity index (χ2v) is 5.52. The number of hydrogen-bond acceptors (Lipinski definition) is 5. The average molecular weight is 370 g/mol. The van der Waals surface area contributed by atoms with Gasteiger partial charge in [0.1, 0.15) is 0 Å². The molecular formula is C17H12BrN3O2. The van der Waals surface area contributed by atoms with E-state index in [0.717, 1.165) is 5.56 Å². The SMILES string of the molecule is COc1nc(-c2ccccc2)nnc1C(=O)c1ccccc1Br. The summed E-state index contributed by atoms with van der Waals surface area (Å²) in [4.78, 5) is 16.9. The number of rotatable bonds is 4. The lowest BCUT2D eigenvalue weighted by Crippen LogP contribution is -2.11. The Morgan fingerprint density at radius 2 is 1.70 bits per heavy atom. The van der Waals surface area contributed by atoms with Crippen molar-refractivity contribution >= 4 is 21.7 Å². The average Bonchev–Trinajstić information content (AvgIpc) is 2.62. The maximum Gasteiger partial charge on any atom is 0.247 e. The van der Waals surface area contributed by atoms with Gasteiger partial charge in [-0.3, -0.25) is 4.79 Å². The largest absolute Gasteiger partial charge is 0.479 e. The number of aromatic nitrogens is 3. The first-order valence-corrected chi connectivity index (χ1v) is 7.63. The van der Waals surface area contributed by atoms with Gasteiger partial charge in [0.05, 0.1) is 7.11 Å². The van der Waals surface area contributed by atoms with Crippen LogP contribution in [0.3, 0.4) is 0 Å². The van der Waals surface area contributed by atoms with Gasteiger partial charge in [-0.15, -0.1) is 10.2 Å². The van der Waals surface area contributed by atoms with Gasteiger partial charge in [-0.25, -0.2) is 0 Å². The summed E-state index contributed by atoms with van der Waals surface area (Å²) in [5, 5.41) is 8.09. The van der Waals surface area contributed by atoms with Crippen LogP contribution in [0.2, 0.25) is 0 Å². The molecule has 0 saturated heterocycles. The highest BCUT2D eigenvalue weighted by atomic mass is 79.9. The first kappa shape index (κ1) is 15.3. The number of carbonyl (C=O) groups excluding carboxylic acids is 1. The van der Waals surface area contributed by atoms with Crippen LogP contribution in [0.25, 0.3) is 11.4 Å². The summed E-state index contributed by atoms with van der Waals surface area (Å²) in [6.07, 6.45) is 0. The van der Waals surface area contributed by atoms with Crippen LogP contribution in [-0.2, 0) is 0 Å². The Bertz CT molecular complexity index is 853. The number of benzene rings is 2. The van der Waals surface area contributed by atoms with Crippen LogP contribution >= 0.6 is 15.9 Å². The number of ether oxygens (including phenoxy) is 1. The molecule has 0 saturated carbocycles. The Labute approximate surface area is 141 Å². The van der Waals surface area contributed by atoms with Crippen LogP contribution in [0.15, 0.2) is 59.1 Å². The van der Waals surface area contributed by atoms with Crippen LogP contribution in [-0.4, -0.2) is 28.1 Å². The molecule has 0 N–H and O–H groups in total. The van der Waals surface area contributed by atoms with E-state index in [1.165, 1.54) is 7.11 Å². The van der Waals surface area contributed by atoms with E-state index in [-0.39, 0.29) is 17.4 Å². The highest BCUT2D eigenvalue weighted by molar-refractivity contribution is 9.10. The van der Waals surface area contributed by atoms with Gasteiger partial charge in [-0.1, -0.05) is 58.4 Å². The van der Waals surface area contributed by atoms with Gasteiger partial charge in [-0.2, -0.15) is 4.98 Å². The third kappa shape index (κ3) is 3.12. The summed E-state index contributed by atoms with van der Waals surface area (Å²) in [7, 11) is 1.45. The molecule has 5 nitrogen and oxygen atoms in total. The number of hydrogen-bond donors (Lipinski definition) is 0. The summed E-state index contributed by atoms with van der Waals surface area (Å²) >= 11 is 3.36. The fraction of sp³-hybridized carbons (Fsp3) is 0.0588. The van der Waals surface area contributed by atoms with Crippen molar-refractivity contribution in [3.05, 3.63) is 70.3 Å². The monoisotopic (exact) mass is 369 g/mol. The molecule has 0 fully saturated rings. The molecule has 6 heteroatoms. The number of methoxy groups -OCH3 is 1. The second kappa shape index (κ2) is 6.66. The fourth-order valence-electron chi connectivity index (χ4n) is 2.08. The predicted molar refractivity (Wildman–Crippen MR) is 89.4 cm³/mol. The molecule has 3 rings (SSSR count). The fourth-order valence-corrected chi connectivity index (χ4v) is 2.54. The zero-order chi connectivity index (χ0) is 16.2. The minimum absolute atomic E-state index is 0.0825. The maximum absolute atomic E-state index is 12.6. The highest BCUT2D eigenvalue weighted by Crippen LogP contribution is 2.24. The molecule has 2 aromatic carbocycles. The number of ketones is 1. The molecule has 0 spiro atoms. The summed E-state index contributed by atoms with van der Waals surface area (Å²) in [6, 6.07) is 16.5. The van der Waals surface area contributed by atoms with Crippen molar-refractivity contribution in [1.29, 1.82) is 0 Å². The third-order valence-corrected chi connectivity index (χ3v) is 3.91. The van der Waals surface area contributed by atoms with E-state index in [9.17, 15) is 4.79 Å². The molecule has 0 aliphatic heterocycles. The van der Waals surface area contributed by atoms with Crippen molar-refractivity contribution in [3.63, 3.8) is 0 Å². The van der Waals surface area contributed by atoms with Crippen molar-refractivity contribution in [1.82, 2.24) is 15.2 Å². The van der Waals surface area contributed by atoms with Crippen LogP contribution in [0.5, 0.6) is 5.88 Å². The second-order valence-electron chi connectivity index (χ2n) is 4.67. The van der Waals surface area contributed by atoms with E-state index in [2.05, 4.69) is 31.1 Å². The lowest BCUT2D eigenvalue weighted by Gasteiger charge is -2.08. The molecule has 3 aromatic rings. The molecular weight excluding hydrogens is 358 g/mol. The molecule has 0 amide bonds. The zero-order valence-corrected chi connectivity index (χ0v) is 13.8. The van der Waals surface area contributed by atoms with Gasteiger partial charge in [0.2, 0.25) is 11.7 Å². The Morgan fingerprint density at radius 3 is 2.39 bits per heavy atom. The standard InChI is InChI=1S/C17H12BrN3O2/c1-23-17-14(15(22)12-9-5-6-10-13(12)18)20-21-16(19-17)11-7-3-2-4-8-11/h2-10H,1H3. The Hall–Kier alpha value is -2.60. The van der Waals surface area contributed by atoms with Crippen molar-refractivity contribution in [3.8, 4) is 17.3 Å². The molecule has 0 aliphatic rings. The van der Waals surface area contributed by atoms with Crippen LogP contribution in [0, 0.1) is 0 Å². The molecule has 0 bridgehead atoms. The molecule has 1 aromatic heterocycles. The Morgan fingerprint density at radius 1 is 1.00 bits per heavy atom. The lowest BCUT2D eigenvalue weighted by atomic mass is 10.1. The van der Waals surface area contributed by atoms with E-state index >= 15 is 0 Å². The van der Waals surface area contributed by atoms with E-state index in [0.29, 0.717) is 15.9 Å². The smallest absolute Gasteiger partial charge is 0.247 e. The lowest BCUT2D eigenvalue weighted by molar-refractivity contribution is 0.102. The minimum atomic E-state index is -0.297. The summed E-state index contributed by atoms with van der Waals surface area (Å²) in [5.41, 5.74) is 1.37. The van der Waals surface area contributed by atoms with Gasteiger partial charge >= 0.3 is 0 Å². The molecule has 23 heavy (non-hydrogen) atoms. The number of halogens is 1. The summed E-state index contributed by atoms with van der Waals surface area (Å²) in [6.45, 7) is 0. The van der Waals surface area contributed by atoms with Gasteiger partial charge in [0, 0.05) is 15.6 Å². The van der Waals surface area contributed by atoms with E-state index in [4.69, 9.17) is 4.74 Å². The number of nitrogens with zero attached hydrogens (tertiary/aromatic N) is 3. The zero-order valence-electron chi connectivity index (χ0n) is 12.2. The van der Waals surface area contributed by atoms with E-state index in [1.807, 2.05) is 36.4 Å². The van der Waals surface area contributed by atoms with Gasteiger partial charge in [0.15, 0.2) is 11.5 Å². The molecule has 114 valence electrons. The third-order valence-electron chi connectivity index (χ3n) is 3.21. The van der Waals surface area contributed by atoms with Crippen molar-refractivity contribution in [2.45, 2.75) is 0 Å². The summed E-state index contributed by atoms with van der Waals surface area (Å²) in [5.74, 6) is 0.264. The quantitative estimate of drug-likeness (QED) is 0.658. The van der Waals surface area contributed by atoms with Crippen molar-refractivity contribution in [2.75, 3.05) is 7.11 Å². The molecule has 0 unspecified atom stereocenters. The van der Waals surface area contributed by atoms with Gasteiger partial charge in [-0.05, 0) is 12.1 Å². The Kier molecular flexibility index (Phi) is 4.43. The van der Waals surface area contributed by atoms with Crippen molar-refractivity contribution < 1.29 is 9.53 Å². The minimum Gasteiger partial charge on any atom is -0.479 e. The van der Waals surface area contributed by atoms with Gasteiger partial charge in [0.25, 0.3) is 0 Å². The normalized spacial score (nSPS) is 10.3. The van der Waals surface area contributed by atoms with Crippen LogP contribution in [0.1, 0.15) is 16.1 Å². The molecule has 0 aliphatic carbocycles. The summed E-state index contributed by atoms with van der Waals surface area (Å²) < 4.78 is 5.92. The number of carbonyl (C=O) groups is 1. The topological polar surface area (TPSA) is 65.0 Å². The molecule has 0 radical (unpaired) electrons. The van der Waals surface area contributed by atoms with E-state index < -0.39 is 0 Å². The first-order valence-electron chi connectivity index (χ1n) is 6.84. The van der Waals surface area contributed by atoms with Crippen LogP contribution < -0.4 is 4.74 Å². The van der Waals surface area contributed by atoms with E-state index in [1.54, 1.807) is 18.2 Å². The van der Waals surface area contributed by atoms with Gasteiger partial charge < -0.3 is 4.74 Å². The van der Waals surface area contributed by atoms with Crippen LogP contribution in [0.4, 0.5) is 0 Å². The Balaban J connectivity index is 2.04. The van der Waals surface area contributed by atoms with Crippen molar-refractivity contribution in [2.24, 2.45) is 0 Å². The first-order chi connectivity index (χ1) is 11.2. The maximum atomic E-state index is 12.6. The molecule has 1 heterocycles.